The Balaban J connectivity index is 1.81. The number of allylic oxidation sites excluding steroid dienone is 1. The molecule has 1 spiro atoms. The zero-order valence-electron chi connectivity index (χ0n) is 14.9. The van der Waals surface area contributed by atoms with Gasteiger partial charge in [-0.2, -0.15) is 0 Å². The van der Waals surface area contributed by atoms with Gasteiger partial charge in [0.15, 0.2) is 0 Å². The maximum atomic E-state index is 13.2. The number of fused-ring (bicyclic) bond motifs is 2. The van der Waals surface area contributed by atoms with Crippen molar-refractivity contribution in [3.63, 3.8) is 0 Å². The van der Waals surface area contributed by atoms with E-state index in [-0.39, 0.29) is 37.1 Å². The molecule has 1 saturated heterocycles. The SMILES string of the molecule is C[C@@H]1C[C@@H](O)[C@@]2(CO)C(CO)=CCC[C@H]2[C@@]12C[C@H](c1ccoc1)OC2=O. The van der Waals surface area contributed by atoms with Gasteiger partial charge in [0.1, 0.15) is 6.10 Å². The summed E-state index contributed by atoms with van der Waals surface area (Å²) in [5.74, 6) is -0.606. The highest BCUT2D eigenvalue weighted by atomic mass is 16.6. The lowest BCUT2D eigenvalue weighted by Gasteiger charge is -2.58. The summed E-state index contributed by atoms with van der Waals surface area (Å²) in [6.07, 6.45) is 6.19. The molecule has 0 amide bonds. The van der Waals surface area contributed by atoms with Crippen LogP contribution in [0.5, 0.6) is 0 Å². The van der Waals surface area contributed by atoms with Gasteiger partial charge in [0, 0.05) is 17.4 Å². The summed E-state index contributed by atoms with van der Waals surface area (Å²) in [7, 11) is 0. The molecule has 3 N–H and O–H groups in total. The smallest absolute Gasteiger partial charge is 0.313 e. The molecule has 0 radical (unpaired) electrons. The van der Waals surface area contributed by atoms with Crippen LogP contribution in [0.1, 0.15) is 44.3 Å². The van der Waals surface area contributed by atoms with E-state index in [0.717, 1.165) is 5.56 Å². The monoisotopic (exact) mass is 362 g/mol. The summed E-state index contributed by atoms with van der Waals surface area (Å²) < 4.78 is 10.9. The van der Waals surface area contributed by atoms with E-state index in [2.05, 4.69) is 0 Å². The fourth-order valence-corrected chi connectivity index (χ4v) is 5.89. The third-order valence-corrected chi connectivity index (χ3v) is 7.24. The fraction of sp³-hybridized carbons (Fsp3) is 0.650. The fourth-order valence-electron chi connectivity index (χ4n) is 5.89. The molecule has 6 heteroatoms. The van der Waals surface area contributed by atoms with Crippen LogP contribution in [0.15, 0.2) is 34.7 Å². The second-order valence-electron chi connectivity index (χ2n) is 8.06. The Morgan fingerprint density at radius 1 is 1.35 bits per heavy atom. The molecule has 0 unspecified atom stereocenters. The van der Waals surface area contributed by atoms with Crippen LogP contribution in [0.2, 0.25) is 0 Å². The van der Waals surface area contributed by atoms with Crippen molar-refractivity contribution in [3.05, 3.63) is 35.8 Å². The quantitative estimate of drug-likeness (QED) is 0.561. The molecule has 2 heterocycles. The van der Waals surface area contributed by atoms with Gasteiger partial charge in [0.25, 0.3) is 0 Å². The standard InChI is InChI=1S/C20H26O6/c1-12-7-17(23)20(11-22)14(9-21)3-2-4-16(20)19(12)8-15(26-18(19)24)13-5-6-25-10-13/h3,5-6,10,12,15-17,21-23H,2,4,7-9,11H2,1H3/t12-,15-,16+,17-,19-,20+/m1/s1. The van der Waals surface area contributed by atoms with Crippen molar-refractivity contribution in [2.24, 2.45) is 22.7 Å². The Morgan fingerprint density at radius 2 is 2.15 bits per heavy atom. The molecule has 6 nitrogen and oxygen atoms in total. The Hall–Kier alpha value is -1.63. The van der Waals surface area contributed by atoms with Crippen LogP contribution < -0.4 is 0 Å². The van der Waals surface area contributed by atoms with Crippen LogP contribution in [0.25, 0.3) is 0 Å². The molecule has 26 heavy (non-hydrogen) atoms. The van der Waals surface area contributed by atoms with Gasteiger partial charge in [-0.15, -0.1) is 0 Å². The zero-order valence-corrected chi connectivity index (χ0v) is 14.9. The average Bonchev–Trinajstić information content (AvgIpc) is 3.28. The number of ether oxygens (including phenoxy) is 1. The van der Waals surface area contributed by atoms with Crippen molar-refractivity contribution in [1.82, 2.24) is 0 Å². The number of cyclic esters (lactones) is 1. The van der Waals surface area contributed by atoms with Crippen LogP contribution in [-0.4, -0.2) is 40.6 Å². The van der Waals surface area contributed by atoms with Crippen molar-refractivity contribution in [3.8, 4) is 0 Å². The Morgan fingerprint density at radius 3 is 2.81 bits per heavy atom. The molecule has 2 fully saturated rings. The molecular weight excluding hydrogens is 336 g/mol. The average molecular weight is 362 g/mol. The molecule has 0 bridgehead atoms. The summed E-state index contributed by atoms with van der Waals surface area (Å²) in [4.78, 5) is 13.2. The minimum absolute atomic E-state index is 0.0791. The van der Waals surface area contributed by atoms with Crippen molar-refractivity contribution in [2.75, 3.05) is 13.2 Å². The van der Waals surface area contributed by atoms with Gasteiger partial charge in [-0.1, -0.05) is 13.0 Å². The number of aliphatic hydroxyl groups is 3. The number of rotatable bonds is 3. The van der Waals surface area contributed by atoms with E-state index >= 15 is 0 Å². The number of carbonyl (C=O) groups is 1. The van der Waals surface area contributed by atoms with Crippen molar-refractivity contribution < 1.29 is 29.3 Å². The van der Waals surface area contributed by atoms with Gasteiger partial charge in [-0.25, -0.2) is 0 Å². The highest BCUT2D eigenvalue weighted by molar-refractivity contribution is 5.81. The van der Waals surface area contributed by atoms with Gasteiger partial charge >= 0.3 is 5.97 Å². The van der Waals surface area contributed by atoms with Crippen molar-refractivity contribution in [2.45, 2.75) is 44.8 Å². The lowest BCUT2D eigenvalue weighted by Crippen LogP contribution is -2.62. The van der Waals surface area contributed by atoms with Gasteiger partial charge in [0.2, 0.25) is 0 Å². The number of carbonyl (C=O) groups excluding carboxylic acids is 1. The van der Waals surface area contributed by atoms with E-state index in [1.807, 2.05) is 13.0 Å². The largest absolute Gasteiger partial charge is 0.472 e. The third kappa shape index (κ3) is 2.12. The van der Waals surface area contributed by atoms with E-state index in [1.54, 1.807) is 18.6 Å². The minimum atomic E-state index is -0.982. The van der Waals surface area contributed by atoms with Gasteiger partial charge in [-0.3, -0.25) is 4.79 Å². The molecular formula is C20H26O6. The second kappa shape index (κ2) is 6.22. The Bertz CT molecular complexity index is 710. The van der Waals surface area contributed by atoms with Crippen molar-refractivity contribution >= 4 is 5.97 Å². The summed E-state index contributed by atoms with van der Waals surface area (Å²) in [5.41, 5.74) is -0.283. The number of hydrogen-bond donors (Lipinski definition) is 3. The molecule has 1 aliphatic heterocycles. The Labute approximate surface area is 152 Å². The molecule has 3 aliphatic rings. The highest BCUT2D eigenvalue weighted by Gasteiger charge is 2.68. The predicted octanol–water partition coefficient (Wildman–Crippen LogP) is 1.96. The van der Waals surface area contributed by atoms with Gasteiger partial charge in [-0.05, 0) is 42.7 Å². The summed E-state index contributed by atoms with van der Waals surface area (Å²) in [6.45, 7) is 1.47. The van der Waals surface area contributed by atoms with Crippen molar-refractivity contribution in [1.29, 1.82) is 0 Å². The Kier molecular flexibility index (Phi) is 4.25. The summed E-state index contributed by atoms with van der Waals surface area (Å²) in [5, 5.41) is 31.2. The van der Waals surface area contributed by atoms with Gasteiger partial charge < -0.3 is 24.5 Å². The van der Waals surface area contributed by atoms with Crippen LogP contribution in [-0.2, 0) is 9.53 Å². The molecule has 1 aromatic rings. The van der Waals surface area contributed by atoms with Crippen LogP contribution in [0.4, 0.5) is 0 Å². The van der Waals surface area contributed by atoms with Gasteiger partial charge in [0.05, 0.1) is 37.3 Å². The van der Waals surface area contributed by atoms with E-state index in [1.165, 1.54) is 0 Å². The first-order valence-corrected chi connectivity index (χ1v) is 9.33. The molecule has 142 valence electrons. The lowest BCUT2D eigenvalue weighted by atomic mass is 9.45. The molecule has 1 saturated carbocycles. The van der Waals surface area contributed by atoms with E-state index in [9.17, 15) is 20.1 Å². The number of hydrogen-bond acceptors (Lipinski definition) is 6. The lowest BCUT2D eigenvalue weighted by molar-refractivity contribution is -0.179. The number of esters is 1. The summed E-state index contributed by atoms with van der Waals surface area (Å²) >= 11 is 0. The first kappa shape index (κ1) is 17.8. The predicted molar refractivity (Wildman–Crippen MR) is 91.8 cm³/mol. The normalized spacial score (nSPS) is 42.5. The molecule has 4 rings (SSSR count). The first-order chi connectivity index (χ1) is 12.5. The van der Waals surface area contributed by atoms with E-state index in [4.69, 9.17) is 9.15 Å². The zero-order chi connectivity index (χ0) is 18.5. The minimum Gasteiger partial charge on any atom is -0.472 e. The topological polar surface area (TPSA) is 100 Å². The summed E-state index contributed by atoms with van der Waals surface area (Å²) in [6, 6.07) is 1.80. The second-order valence-corrected chi connectivity index (χ2v) is 8.06. The molecule has 6 atom stereocenters. The van der Waals surface area contributed by atoms with E-state index in [0.29, 0.717) is 31.3 Å². The maximum absolute atomic E-state index is 13.2. The molecule has 0 aromatic carbocycles. The third-order valence-electron chi connectivity index (χ3n) is 7.24. The first-order valence-electron chi connectivity index (χ1n) is 9.33. The van der Waals surface area contributed by atoms with Crippen LogP contribution in [0, 0.1) is 22.7 Å². The van der Waals surface area contributed by atoms with Crippen LogP contribution in [0.3, 0.4) is 0 Å². The maximum Gasteiger partial charge on any atom is 0.313 e. The highest BCUT2D eigenvalue weighted by Crippen LogP contribution is 2.65. The number of aliphatic hydroxyl groups excluding tert-OH is 3. The molecule has 1 aromatic heterocycles. The van der Waals surface area contributed by atoms with E-state index < -0.39 is 16.9 Å². The molecule has 2 aliphatic carbocycles. The van der Waals surface area contributed by atoms with Crippen LogP contribution >= 0.6 is 0 Å². The number of furan rings is 1.